The summed E-state index contributed by atoms with van der Waals surface area (Å²) in [6.07, 6.45) is 0.156. The minimum absolute atomic E-state index is 0.0539. The molecule has 1 rings (SSSR count). The van der Waals surface area contributed by atoms with Gasteiger partial charge in [0.1, 0.15) is 6.54 Å². The second-order valence-corrected chi connectivity index (χ2v) is 5.01. The summed E-state index contributed by atoms with van der Waals surface area (Å²) in [5.74, 6) is -0.802. The van der Waals surface area contributed by atoms with E-state index in [1.54, 1.807) is 25.3 Å². The van der Waals surface area contributed by atoms with E-state index in [2.05, 4.69) is 5.32 Å². The summed E-state index contributed by atoms with van der Waals surface area (Å²) in [5, 5.41) is 6.24. The number of amides is 2. The summed E-state index contributed by atoms with van der Waals surface area (Å²) < 4.78 is 4.81. The van der Waals surface area contributed by atoms with Gasteiger partial charge in [0, 0.05) is 30.5 Å². The van der Waals surface area contributed by atoms with Crippen molar-refractivity contribution >= 4 is 29.1 Å². The molecule has 0 bridgehead atoms. The van der Waals surface area contributed by atoms with Gasteiger partial charge < -0.3 is 15.0 Å². The average molecular weight is 312 g/mol. The van der Waals surface area contributed by atoms with Gasteiger partial charge in [0.25, 0.3) is 5.91 Å². The van der Waals surface area contributed by atoms with Crippen LogP contribution in [0.4, 0.5) is 0 Å². The molecule has 0 fully saturated rings. The molecule has 7 heteroatoms. The fourth-order valence-corrected chi connectivity index (χ4v) is 2.31. The number of rotatable bonds is 8. The van der Waals surface area contributed by atoms with E-state index in [4.69, 9.17) is 4.74 Å². The molecule has 0 aliphatic rings. The van der Waals surface area contributed by atoms with Crippen LogP contribution >= 0.6 is 11.3 Å². The molecule has 1 heterocycles. The van der Waals surface area contributed by atoms with Crippen LogP contribution in [0.15, 0.2) is 16.8 Å². The number of nitrogens with one attached hydrogen (secondary N) is 1. The first-order valence-electron chi connectivity index (χ1n) is 6.82. The van der Waals surface area contributed by atoms with Crippen LogP contribution < -0.4 is 5.32 Å². The van der Waals surface area contributed by atoms with Gasteiger partial charge in [-0.2, -0.15) is 11.3 Å². The van der Waals surface area contributed by atoms with Crippen molar-refractivity contribution in [1.82, 2.24) is 10.2 Å². The highest BCUT2D eigenvalue weighted by atomic mass is 32.1. The summed E-state index contributed by atoms with van der Waals surface area (Å²) in [7, 11) is 0. The zero-order chi connectivity index (χ0) is 15.7. The van der Waals surface area contributed by atoms with Crippen molar-refractivity contribution in [3.05, 3.63) is 22.4 Å². The van der Waals surface area contributed by atoms with Crippen LogP contribution in [-0.2, 0) is 14.3 Å². The Bertz CT molecular complexity index is 473. The van der Waals surface area contributed by atoms with Crippen LogP contribution in [0.2, 0.25) is 0 Å². The van der Waals surface area contributed by atoms with Gasteiger partial charge in [0.15, 0.2) is 0 Å². The zero-order valence-corrected chi connectivity index (χ0v) is 13.1. The molecule has 0 aliphatic carbocycles. The molecule has 0 spiro atoms. The number of carbonyl (C=O) groups excluding carboxylic acids is 3. The van der Waals surface area contributed by atoms with E-state index in [-0.39, 0.29) is 31.3 Å². The molecule has 0 saturated carbocycles. The van der Waals surface area contributed by atoms with Gasteiger partial charge in [-0.25, -0.2) is 0 Å². The van der Waals surface area contributed by atoms with Crippen molar-refractivity contribution in [2.24, 2.45) is 0 Å². The van der Waals surface area contributed by atoms with E-state index in [9.17, 15) is 14.4 Å². The maximum Gasteiger partial charge on any atom is 0.325 e. The minimum atomic E-state index is -0.421. The van der Waals surface area contributed by atoms with Gasteiger partial charge in [-0.3, -0.25) is 14.4 Å². The van der Waals surface area contributed by atoms with E-state index in [1.165, 1.54) is 16.2 Å². The van der Waals surface area contributed by atoms with E-state index >= 15 is 0 Å². The number of carbonyl (C=O) groups is 3. The maximum absolute atomic E-state index is 12.0. The van der Waals surface area contributed by atoms with E-state index < -0.39 is 5.97 Å². The highest BCUT2D eigenvalue weighted by Gasteiger charge is 2.16. The van der Waals surface area contributed by atoms with Crippen LogP contribution in [0.25, 0.3) is 0 Å². The quantitative estimate of drug-likeness (QED) is 0.734. The summed E-state index contributed by atoms with van der Waals surface area (Å²) in [5.41, 5.74) is 0.589. The van der Waals surface area contributed by atoms with E-state index in [0.29, 0.717) is 18.7 Å². The van der Waals surface area contributed by atoms with Gasteiger partial charge in [-0.1, -0.05) is 0 Å². The molecule has 6 nitrogen and oxygen atoms in total. The van der Waals surface area contributed by atoms with E-state index in [1.807, 2.05) is 5.38 Å². The Kier molecular flexibility index (Phi) is 7.45. The summed E-state index contributed by atoms with van der Waals surface area (Å²) >= 11 is 1.44. The van der Waals surface area contributed by atoms with Crippen molar-refractivity contribution in [2.75, 3.05) is 26.2 Å². The fraction of sp³-hybridized carbons (Fsp3) is 0.500. The standard InChI is InChI=1S/C14H20N2O4S/c1-3-16(9-13(18)20-4-2)12(17)5-7-15-14(19)11-6-8-21-10-11/h6,8,10H,3-5,7,9H2,1-2H3,(H,15,19). The third-order valence-electron chi connectivity index (χ3n) is 2.77. The Hall–Kier alpha value is -1.89. The lowest BCUT2D eigenvalue weighted by Crippen LogP contribution is -2.38. The first-order chi connectivity index (χ1) is 10.1. The van der Waals surface area contributed by atoms with Crippen molar-refractivity contribution in [1.29, 1.82) is 0 Å². The highest BCUT2D eigenvalue weighted by Crippen LogP contribution is 2.05. The van der Waals surface area contributed by atoms with Crippen molar-refractivity contribution < 1.29 is 19.1 Å². The molecule has 1 aromatic rings. The predicted molar refractivity (Wildman–Crippen MR) is 80.2 cm³/mol. The van der Waals surface area contributed by atoms with Crippen LogP contribution in [-0.4, -0.2) is 48.9 Å². The van der Waals surface area contributed by atoms with Gasteiger partial charge in [0.2, 0.25) is 5.91 Å². The molecule has 0 radical (unpaired) electrons. The molecular weight excluding hydrogens is 292 g/mol. The van der Waals surface area contributed by atoms with Gasteiger partial charge in [-0.05, 0) is 25.3 Å². The molecule has 116 valence electrons. The minimum Gasteiger partial charge on any atom is -0.465 e. The monoisotopic (exact) mass is 312 g/mol. The second kappa shape index (κ2) is 9.12. The number of nitrogens with zero attached hydrogens (tertiary/aromatic N) is 1. The molecule has 21 heavy (non-hydrogen) atoms. The normalized spacial score (nSPS) is 10.0. The van der Waals surface area contributed by atoms with Crippen LogP contribution in [0.3, 0.4) is 0 Å². The van der Waals surface area contributed by atoms with Gasteiger partial charge >= 0.3 is 5.97 Å². The average Bonchev–Trinajstić information content (AvgIpc) is 2.99. The first-order valence-corrected chi connectivity index (χ1v) is 7.76. The lowest BCUT2D eigenvalue weighted by Gasteiger charge is -2.19. The molecule has 0 unspecified atom stereocenters. The molecule has 0 saturated heterocycles. The molecule has 1 aromatic heterocycles. The zero-order valence-electron chi connectivity index (χ0n) is 12.3. The molecule has 0 atom stereocenters. The van der Waals surface area contributed by atoms with Crippen LogP contribution in [0, 0.1) is 0 Å². The molecule has 0 aliphatic heterocycles. The van der Waals surface area contributed by atoms with Crippen LogP contribution in [0.5, 0.6) is 0 Å². The molecule has 2 amide bonds. The largest absolute Gasteiger partial charge is 0.465 e. The van der Waals surface area contributed by atoms with Gasteiger partial charge in [0.05, 0.1) is 6.61 Å². The lowest BCUT2D eigenvalue weighted by molar-refractivity contribution is -0.148. The number of ether oxygens (including phenoxy) is 1. The number of hydrogen-bond acceptors (Lipinski definition) is 5. The number of hydrogen-bond donors (Lipinski definition) is 1. The van der Waals surface area contributed by atoms with Gasteiger partial charge in [-0.15, -0.1) is 0 Å². The van der Waals surface area contributed by atoms with E-state index in [0.717, 1.165) is 0 Å². The molecular formula is C14H20N2O4S. The summed E-state index contributed by atoms with van der Waals surface area (Å²) in [6.45, 7) is 4.42. The summed E-state index contributed by atoms with van der Waals surface area (Å²) in [4.78, 5) is 36.4. The number of thiophene rings is 1. The Morgan fingerprint density at radius 2 is 2.10 bits per heavy atom. The molecule has 1 N–H and O–H groups in total. The first kappa shape index (κ1) is 17.2. The fourth-order valence-electron chi connectivity index (χ4n) is 1.68. The summed E-state index contributed by atoms with van der Waals surface area (Å²) in [6, 6.07) is 1.72. The van der Waals surface area contributed by atoms with Crippen molar-refractivity contribution in [2.45, 2.75) is 20.3 Å². The Morgan fingerprint density at radius 1 is 1.33 bits per heavy atom. The Balaban J connectivity index is 2.34. The third kappa shape index (κ3) is 5.95. The molecule has 0 aromatic carbocycles. The second-order valence-electron chi connectivity index (χ2n) is 4.23. The Labute approximate surface area is 128 Å². The third-order valence-corrected chi connectivity index (χ3v) is 3.45. The lowest BCUT2D eigenvalue weighted by atomic mass is 10.3. The number of likely N-dealkylation sites (N-methyl/N-ethyl adjacent to an activating group) is 1. The van der Waals surface area contributed by atoms with Crippen LogP contribution in [0.1, 0.15) is 30.6 Å². The highest BCUT2D eigenvalue weighted by molar-refractivity contribution is 7.08. The predicted octanol–water partition coefficient (Wildman–Crippen LogP) is 1.28. The maximum atomic E-state index is 12.0. The van der Waals surface area contributed by atoms with Crippen molar-refractivity contribution in [3.63, 3.8) is 0 Å². The topological polar surface area (TPSA) is 75.7 Å². The Morgan fingerprint density at radius 3 is 2.67 bits per heavy atom. The van der Waals surface area contributed by atoms with Crippen molar-refractivity contribution in [3.8, 4) is 0 Å². The smallest absolute Gasteiger partial charge is 0.325 e. The number of esters is 1. The SMILES string of the molecule is CCOC(=O)CN(CC)C(=O)CCNC(=O)c1ccsc1.